The Morgan fingerprint density at radius 1 is 1.50 bits per heavy atom. The Morgan fingerprint density at radius 2 is 2.38 bits per heavy atom. The lowest BCUT2D eigenvalue weighted by Gasteiger charge is -2.25. The maximum absolute atomic E-state index is 3.58. The number of thiophene rings is 1. The second-order valence-electron chi connectivity index (χ2n) is 5.01. The van der Waals surface area contributed by atoms with Crippen LogP contribution < -0.4 is 5.32 Å². The number of allylic oxidation sites excluding steroid dienone is 2. The average Bonchev–Trinajstić information content (AvgIpc) is 2.69. The third-order valence-electron chi connectivity index (χ3n) is 3.20. The minimum Gasteiger partial charge on any atom is -0.312 e. The van der Waals surface area contributed by atoms with Crippen molar-refractivity contribution in [3.8, 4) is 0 Å². The van der Waals surface area contributed by atoms with Crippen LogP contribution in [0, 0.1) is 11.8 Å². The van der Waals surface area contributed by atoms with E-state index in [1.807, 2.05) is 11.3 Å². The molecule has 2 unspecified atom stereocenters. The second-order valence-corrected chi connectivity index (χ2v) is 6.04. The van der Waals surface area contributed by atoms with Crippen molar-refractivity contribution in [2.24, 2.45) is 11.8 Å². The molecular weight excluding hydrogens is 214 g/mol. The molecule has 0 fully saturated rings. The standard InChI is InChI=1S/C14H21NS/c1-11-6-12(2)8-13(7-11)9-15-10-14-4-3-5-16-14/h3-6,11,13,15H,7-10H2,1-2H3. The van der Waals surface area contributed by atoms with E-state index in [1.54, 1.807) is 5.57 Å². The highest BCUT2D eigenvalue weighted by molar-refractivity contribution is 7.09. The van der Waals surface area contributed by atoms with E-state index in [9.17, 15) is 0 Å². The van der Waals surface area contributed by atoms with Gasteiger partial charge in [-0.25, -0.2) is 0 Å². The monoisotopic (exact) mass is 235 g/mol. The molecule has 2 atom stereocenters. The maximum Gasteiger partial charge on any atom is 0.0299 e. The van der Waals surface area contributed by atoms with Gasteiger partial charge in [0, 0.05) is 11.4 Å². The Morgan fingerprint density at radius 3 is 3.06 bits per heavy atom. The highest BCUT2D eigenvalue weighted by Crippen LogP contribution is 2.27. The van der Waals surface area contributed by atoms with Crippen molar-refractivity contribution in [1.29, 1.82) is 0 Å². The van der Waals surface area contributed by atoms with Gasteiger partial charge in [0.05, 0.1) is 0 Å². The molecule has 1 aromatic rings. The minimum absolute atomic E-state index is 0.766. The zero-order valence-electron chi connectivity index (χ0n) is 10.2. The Kier molecular flexibility index (Phi) is 4.19. The first-order chi connectivity index (χ1) is 7.74. The number of hydrogen-bond donors (Lipinski definition) is 1. The largest absolute Gasteiger partial charge is 0.312 e. The molecule has 16 heavy (non-hydrogen) atoms. The van der Waals surface area contributed by atoms with Crippen LogP contribution in [0.3, 0.4) is 0 Å². The summed E-state index contributed by atoms with van der Waals surface area (Å²) in [5.74, 6) is 1.60. The quantitative estimate of drug-likeness (QED) is 0.782. The van der Waals surface area contributed by atoms with Crippen molar-refractivity contribution in [1.82, 2.24) is 5.32 Å². The zero-order chi connectivity index (χ0) is 11.4. The van der Waals surface area contributed by atoms with Gasteiger partial charge in [-0.3, -0.25) is 0 Å². The summed E-state index contributed by atoms with van der Waals surface area (Å²) in [5.41, 5.74) is 1.57. The lowest BCUT2D eigenvalue weighted by molar-refractivity contribution is 0.382. The van der Waals surface area contributed by atoms with Crippen molar-refractivity contribution < 1.29 is 0 Å². The fourth-order valence-electron chi connectivity index (χ4n) is 2.65. The van der Waals surface area contributed by atoms with Gasteiger partial charge in [-0.2, -0.15) is 0 Å². The molecule has 2 heteroatoms. The van der Waals surface area contributed by atoms with Crippen LogP contribution in [0.4, 0.5) is 0 Å². The van der Waals surface area contributed by atoms with E-state index in [-0.39, 0.29) is 0 Å². The molecule has 1 aromatic heterocycles. The van der Waals surface area contributed by atoms with Gasteiger partial charge < -0.3 is 5.32 Å². The van der Waals surface area contributed by atoms with Crippen LogP contribution in [-0.2, 0) is 6.54 Å². The fraction of sp³-hybridized carbons (Fsp3) is 0.571. The van der Waals surface area contributed by atoms with E-state index in [2.05, 4.69) is 42.8 Å². The molecule has 0 radical (unpaired) electrons. The highest BCUT2D eigenvalue weighted by Gasteiger charge is 2.17. The average molecular weight is 235 g/mol. The van der Waals surface area contributed by atoms with Crippen molar-refractivity contribution in [2.45, 2.75) is 33.2 Å². The predicted octanol–water partition coefficient (Wildman–Crippen LogP) is 3.83. The van der Waals surface area contributed by atoms with Crippen molar-refractivity contribution in [3.63, 3.8) is 0 Å². The van der Waals surface area contributed by atoms with Crippen molar-refractivity contribution >= 4 is 11.3 Å². The molecule has 0 aliphatic heterocycles. The Balaban J connectivity index is 1.73. The molecule has 1 aliphatic carbocycles. The summed E-state index contributed by atoms with van der Waals surface area (Å²) in [6.07, 6.45) is 5.05. The SMILES string of the molecule is CC1=CC(C)CC(CNCc2cccs2)C1. The topological polar surface area (TPSA) is 12.0 Å². The molecule has 0 saturated carbocycles. The maximum atomic E-state index is 3.58. The molecular formula is C14H21NS. The van der Waals surface area contributed by atoms with E-state index >= 15 is 0 Å². The van der Waals surface area contributed by atoms with Crippen molar-refractivity contribution in [3.05, 3.63) is 34.0 Å². The summed E-state index contributed by atoms with van der Waals surface area (Å²) in [6.45, 7) is 6.79. The summed E-state index contributed by atoms with van der Waals surface area (Å²) in [5, 5.41) is 5.73. The summed E-state index contributed by atoms with van der Waals surface area (Å²) in [6, 6.07) is 4.32. The highest BCUT2D eigenvalue weighted by atomic mass is 32.1. The van der Waals surface area contributed by atoms with E-state index < -0.39 is 0 Å². The minimum atomic E-state index is 0.766. The summed E-state index contributed by atoms with van der Waals surface area (Å²) in [4.78, 5) is 1.44. The van der Waals surface area contributed by atoms with Gasteiger partial charge in [-0.15, -0.1) is 11.3 Å². The molecule has 1 nitrogen and oxygen atoms in total. The van der Waals surface area contributed by atoms with E-state index in [0.29, 0.717) is 0 Å². The van der Waals surface area contributed by atoms with E-state index in [4.69, 9.17) is 0 Å². The van der Waals surface area contributed by atoms with E-state index in [1.165, 1.54) is 17.7 Å². The van der Waals surface area contributed by atoms with Gasteiger partial charge in [0.15, 0.2) is 0 Å². The molecule has 1 N–H and O–H groups in total. The van der Waals surface area contributed by atoms with Gasteiger partial charge in [0.2, 0.25) is 0 Å². The first kappa shape index (κ1) is 11.9. The first-order valence-electron chi connectivity index (χ1n) is 6.14. The van der Waals surface area contributed by atoms with Gasteiger partial charge in [-0.05, 0) is 49.6 Å². The molecule has 1 heterocycles. The molecule has 0 spiro atoms. The first-order valence-corrected chi connectivity index (χ1v) is 7.02. The van der Waals surface area contributed by atoms with Crippen LogP contribution >= 0.6 is 11.3 Å². The van der Waals surface area contributed by atoms with Gasteiger partial charge in [-0.1, -0.05) is 24.6 Å². The molecule has 0 saturated heterocycles. The lowest BCUT2D eigenvalue weighted by Crippen LogP contribution is -2.25. The molecule has 2 rings (SSSR count). The Hall–Kier alpha value is -0.600. The van der Waals surface area contributed by atoms with Crippen LogP contribution in [0.15, 0.2) is 29.2 Å². The Bertz CT molecular complexity index is 340. The Labute approximate surface area is 103 Å². The summed E-state index contributed by atoms with van der Waals surface area (Å²) < 4.78 is 0. The third-order valence-corrected chi connectivity index (χ3v) is 4.07. The predicted molar refractivity (Wildman–Crippen MR) is 71.7 cm³/mol. The number of nitrogens with one attached hydrogen (secondary N) is 1. The van der Waals surface area contributed by atoms with Crippen LogP contribution in [0.2, 0.25) is 0 Å². The zero-order valence-corrected chi connectivity index (χ0v) is 11.0. The number of rotatable bonds is 4. The van der Waals surface area contributed by atoms with Crippen LogP contribution in [0.5, 0.6) is 0 Å². The molecule has 1 aliphatic rings. The molecule has 0 amide bonds. The normalized spacial score (nSPS) is 25.5. The molecule has 0 aromatic carbocycles. The third kappa shape index (κ3) is 3.46. The van der Waals surface area contributed by atoms with Crippen LogP contribution in [0.1, 0.15) is 31.6 Å². The van der Waals surface area contributed by atoms with Crippen LogP contribution in [0.25, 0.3) is 0 Å². The van der Waals surface area contributed by atoms with Gasteiger partial charge in [0.25, 0.3) is 0 Å². The fourth-order valence-corrected chi connectivity index (χ4v) is 3.33. The summed E-state index contributed by atoms with van der Waals surface area (Å²) in [7, 11) is 0. The molecule has 0 bridgehead atoms. The smallest absolute Gasteiger partial charge is 0.0299 e. The lowest BCUT2D eigenvalue weighted by atomic mass is 9.84. The van der Waals surface area contributed by atoms with E-state index in [0.717, 1.165) is 24.9 Å². The molecule has 88 valence electrons. The summed E-state index contributed by atoms with van der Waals surface area (Å²) >= 11 is 1.84. The second kappa shape index (κ2) is 5.65. The van der Waals surface area contributed by atoms with Crippen LogP contribution in [-0.4, -0.2) is 6.54 Å². The van der Waals surface area contributed by atoms with Gasteiger partial charge in [0.1, 0.15) is 0 Å². The number of hydrogen-bond acceptors (Lipinski definition) is 2. The van der Waals surface area contributed by atoms with Gasteiger partial charge >= 0.3 is 0 Å². The van der Waals surface area contributed by atoms with Crippen molar-refractivity contribution in [2.75, 3.05) is 6.54 Å².